The fraction of sp³-hybridized carbons (Fsp3) is 0.478. The number of thiocarbonyl (C=S) groups is 1. The van der Waals surface area contributed by atoms with E-state index in [-0.39, 0.29) is 52.3 Å². The van der Waals surface area contributed by atoms with Crippen LogP contribution in [0.3, 0.4) is 0 Å². The number of Topliss-reactive ketones (excluding diaryl/α,β-unsaturated/α-hetero) is 1. The number of halogens is 3. The van der Waals surface area contributed by atoms with Crippen molar-refractivity contribution in [2.45, 2.75) is 102 Å². The molecule has 15 heteroatoms. The minimum atomic E-state index is -4.79. The number of nitrogens with zero attached hydrogens (tertiary/aromatic N) is 5. The molecule has 3 heterocycles. The molecule has 0 aromatic heterocycles. The van der Waals surface area contributed by atoms with Crippen LogP contribution in [0, 0.1) is 17.2 Å². The fourth-order valence-corrected chi connectivity index (χ4v) is 9.64. The highest BCUT2D eigenvalue weighted by molar-refractivity contribution is 7.81. The molecular weight excluding hydrogens is 806 g/mol. The second kappa shape index (κ2) is 17.7. The number of alkyl halides is 3. The molecule has 1 N–H and O–H groups in total. The molecular formula is C46H51F3N6O5S. The zero-order valence-corrected chi connectivity index (χ0v) is 35.7. The number of anilines is 2. The molecule has 1 saturated carbocycles. The van der Waals surface area contributed by atoms with E-state index in [0.29, 0.717) is 51.1 Å². The Kier molecular flexibility index (Phi) is 12.7. The van der Waals surface area contributed by atoms with Gasteiger partial charge in [-0.1, -0.05) is 30.7 Å². The van der Waals surface area contributed by atoms with Gasteiger partial charge in [-0.3, -0.25) is 39.2 Å². The summed E-state index contributed by atoms with van der Waals surface area (Å²) in [4.78, 5) is 58.4. The van der Waals surface area contributed by atoms with Crippen LogP contribution < -0.4 is 19.9 Å². The molecule has 0 bridgehead atoms. The average molecular weight is 857 g/mol. The Balaban J connectivity index is 0.959. The molecule has 3 aromatic rings. The normalized spacial score (nSPS) is 22.6. The fourth-order valence-electron chi connectivity index (χ4n) is 9.12. The van der Waals surface area contributed by atoms with Gasteiger partial charge in [0, 0.05) is 56.2 Å². The van der Waals surface area contributed by atoms with Crippen LogP contribution in [0.1, 0.15) is 93.5 Å². The molecule has 3 aromatic carbocycles. The molecule has 7 rings (SSSR count). The van der Waals surface area contributed by atoms with Crippen molar-refractivity contribution in [2.75, 3.05) is 42.6 Å². The molecule has 1 aliphatic carbocycles. The summed E-state index contributed by atoms with van der Waals surface area (Å²) in [5, 5.41) is 11.8. The van der Waals surface area contributed by atoms with Crippen molar-refractivity contribution in [3.8, 4) is 11.8 Å². The molecule has 0 spiro atoms. The van der Waals surface area contributed by atoms with E-state index in [1.165, 1.54) is 6.07 Å². The third-order valence-electron chi connectivity index (χ3n) is 12.6. The number of hydrogen-bond donors (Lipinski definition) is 1. The van der Waals surface area contributed by atoms with Gasteiger partial charge in [0.1, 0.15) is 17.9 Å². The standard InChI is InChI=1S/C46H51F3N6O5S/c1-28-25-52(26-29(2)53(28)27-37(56)21-31-8-5-7-30(19-31)20-33-12-16-41(57)51-42(33)58)17-18-60-40-15-14-36(22-38(40)32-9-6-10-32)55-44(61)54(43(59)45(55,3)4)35-13-11-34(24-50)39(23-35)46(47,48)49/h5,7-8,11,13-15,19,22-23,28-29,32-33H,6,9-10,12,16-18,20-21,25-27H2,1-4H3,(H,51,57,58)/t28-,29+,33?. The number of nitriles is 1. The number of amides is 3. The van der Waals surface area contributed by atoms with Gasteiger partial charge in [-0.15, -0.1) is 0 Å². The predicted octanol–water partition coefficient (Wildman–Crippen LogP) is 6.94. The van der Waals surface area contributed by atoms with Crippen LogP contribution in [0.5, 0.6) is 5.75 Å². The summed E-state index contributed by atoms with van der Waals surface area (Å²) in [6.45, 7) is 10.6. The van der Waals surface area contributed by atoms with Gasteiger partial charge in [-0.25, -0.2) is 0 Å². The highest BCUT2D eigenvalue weighted by Gasteiger charge is 2.51. The second-order valence-corrected chi connectivity index (χ2v) is 17.7. The lowest BCUT2D eigenvalue weighted by Gasteiger charge is -2.44. The van der Waals surface area contributed by atoms with E-state index < -0.39 is 28.7 Å². The van der Waals surface area contributed by atoms with E-state index in [1.54, 1.807) is 24.8 Å². The van der Waals surface area contributed by atoms with Gasteiger partial charge in [0.15, 0.2) is 10.9 Å². The molecule has 4 fully saturated rings. The number of piperidine rings is 1. The Morgan fingerprint density at radius 2 is 1.67 bits per heavy atom. The van der Waals surface area contributed by atoms with Gasteiger partial charge in [0.25, 0.3) is 5.91 Å². The quantitative estimate of drug-likeness (QED) is 0.143. The number of ketones is 1. The Morgan fingerprint density at radius 1 is 0.967 bits per heavy atom. The first-order valence-electron chi connectivity index (χ1n) is 20.9. The molecule has 3 atom stereocenters. The first-order chi connectivity index (χ1) is 28.9. The smallest absolute Gasteiger partial charge is 0.417 e. The van der Waals surface area contributed by atoms with Gasteiger partial charge in [0.2, 0.25) is 11.8 Å². The SMILES string of the molecule is C[C@@H]1CN(CCOc2ccc(N3C(=S)N(c4ccc(C#N)c(C(F)(F)F)c4)C(=O)C3(C)C)cc2C2CCC2)C[C@H](C)N1CC(=O)Cc1cccc(CC2CCC(=O)NC2=O)c1. The Bertz CT molecular complexity index is 2260. The number of carbonyl (C=O) groups excluding carboxylic acids is 4. The third kappa shape index (κ3) is 9.37. The van der Waals surface area contributed by atoms with Crippen molar-refractivity contribution >= 4 is 52.2 Å². The average Bonchev–Trinajstić information content (AvgIpc) is 3.35. The highest BCUT2D eigenvalue weighted by Crippen LogP contribution is 2.45. The minimum Gasteiger partial charge on any atom is -0.492 e. The Morgan fingerprint density at radius 3 is 2.33 bits per heavy atom. The zero-order valence-electron chi connectivity index (χ0n) is 34.9. The van der Waals surface area contributed by atoms with Crippen LogP contribution in [0.2, 0.25) is 0 Å². The first-order valence-corrected chi connectivity index (χ1v) is 21.3. The highest BCUT2D eigenvalue weighted by atomic mass is 32.1. The van der Waals surface area contributed by atoms with Crippen molar-refractivity contribution in [1.29, 1.82) is 5.26 Å². The van der Waals surface area contributed by atoms with Gasteiger partial charge < -0.3 is 9.64 Å². The number of rotatable bonds is 13. The van der Waals surface area contributed by atoms with Crippen molar-refractivity contribution in [3.63, 3.8) is 0 Å². The van der Waals surface area contributed by atoms with Crippen LogP contribution >= 0.6 is 12.2 Å². The summed E-state index contributed by atoms with van der Waals surface area (Å²) in [6, 6.07) is 18.5. The summed E-state index contributed by atoms with van der Waals surface area (Å²) in [5.74, 6) is -0.0799. The molecule has 3 saturated heterocycles. The van der Waals surface area contributed by atoms with Gasteiger partial charge in [-0.05, 0) is 125 Å². The van der Waals surface area contributed by atoms with Crippen LogP contribution in [-0.4, -0.2) is 88.8 Å². The second-order valence-electron chi connectivity index (χ2n) is 17.4. The van der Waals surface area contributed by atoms with Crippen molar-refractivity contribution in [3.05, 3.63) is 88.5 Å². The van der Waals surface area contributed by atoms with Crippen LogP contribution in [0.15, 0.2) is 60.7 Å². The number of nitrogens with one attached hydrogen (secondary N) is 1. The van der Waals surface area contributed by atoms with Gasteiger partial charge >= 0.3 is 6.18 Å². The summed E-state index contributed by atoms with van der Waals surface area (Å²) >= 11 is 5.80. The number of benzene rings is 3. The minimum absolute atomic E-state index is 0.0429. The maximum absolute atomic E-state index is 13.9. The lowest BCUT2D eigenvalue weighted by molar-refractivity contribution is -0.138. The molecule has 1 unspecified atom stereocenters. The summed E-state index contributed by atoms with van der Waals surface area (Å²) in [7, 11) is 0. The van der Waals surface area contributed by atoms with Crippen LogP contribution in [0.4, 0.5) is 24.5 Å². The maximum atomic E-state index is 13.9. The zero-order chi connectivity index (χ0) is 43.8. The largest absolute Gasteiger partial charge is 0.492 e. The van der Waals surface area contributed by atoms with E-state index >= 15 is 0 Å². The number of hydrogen-bond acceptors (Lipinski definition) is 9. The number of piperazine rings is 1. The summed E-state index contributed by atoms with van der Waals surface area (Å²) in [6.07, 6.45) is -0.0567. The van der Waals surface area contributed by atoms with Crippen LogP contribution in [-0.2, 0) is 38.2 Å². The molecule has 4 aliphatic rings. The van der Waals surface area contributed by atoms with E-state index in [9.17, 15) is 37.6 Å². The lowest BCUT2D eigenvalue weighted by atomic mass is 9.79. The van der Waals surface area contributed by atoms with Gasteiger partial charge in [-0.2, -0.15) is 18.4 Å². The Hall–Kier alpha value is -5.17. The lowest BCUT2D eigenvalue weighted by Crippen LogP contribution is -2.58. The van der Waals surface area contributed by atoms with E-state index in [2.05, 4.69) is 29.0 Å². The summed E-state index contributed by atoms with van der Waals surface area (Å²) < 4.78 is 48.1. The van der Waals surface area contributed by atoms with E-state index in [4.69, 9.17) is 17.0 Å². The van der Waals surface area contributed by atoms with Crippen molar-refractivity contribution in [2.24, 2.45) is 5.92 Å². The predicted molar refractivity (Wildman–Crippen MR) is 228 cm³/mol. The van der Waals surface area contributed by atoms with Gasteiger partial charge in [0.05, 0.1) is 29.4 Å². The summed E-state index contributed by atoms with van der Waals surface area (Å²) in [5.41, 5.74) is 0.583. The van der Waals surface area contributed by atoms with E-state index in [1.807, 2.05) is 42.5 Å². The monoisotopic (exact) mass is 856 g/mol. The number of carbonyl (C=O) groups is 4. The number of imide groups is 1. The van der Waals surface area contributed by atoms with E-state index in [0.717, 1.165) is 71.8 Å². The first kappa shape index (κ1) is 43.9. The molecule has 3 amide bonds. The molecule has 3 aliphatic heterocycles. The molecule has 0 radical (unpaired) electrons. The van der Waals surface area contributed by atoms with Crippen molar-refractivity contribution < 1.29 is 37.1 Å². The van der Waals surface area contributed by atoms with Crippen LogP contribution in [0.25, 0.3) is 0 Å². The molecule has 11 nitrogen and oxygen atoms in total. The topological polar surface area (TPSA) is 126 Å². The maximum Gasteiger partial charge on any atom is 0.417 e. The van der Waals surface area contributed by atoms with Crippen molar-refractivity contribution in [1.82, 2.24) is 15.1 Å². The molecule has 61 heavy (non-hydrogen) atoms. The number of ether oxygens (including phenoxy) is 1. The third-order valence-corrected chi connectivity index (χ3v) is 12.9. The molecule has 322 valence electrons. The Labute approximate surface area is 359 Å².